The van der Waals surface area contributed by atoms with Crippen LogP contribution in [-0.2, 0) is 6.54 Å². The third-order valence-corrected chi connectivity index (χ3v) is 2.42. The van der Waals surface area contributed by atoms with E-state index in [0.717, 1.165) is 5.82 Å². The summed E-state index contributed by atoms with van der Waals surface area (Å²) in [6, 6.07) is -0.213. The van der Waals surface area contributed by atoms with Gasteiger partial charge in [0.25, 0.3) is 0 Å². The third-order valence-electron chi connectivity index (χ3n) is 2.42. The van der Waals surface area contributed by atoms with Crippen molar-refractivity contribution in [2.45, 2.75) is 40.3 Å². The summed E-state index contributed by atoms with van der Waals surface area (Å²) in [6.45, 7) is 8.59. The summed E-state index contributed by atoms with van der Waals surface area (Å²) >= 11 is 0. The summed E-state index contributed by atoms with van der Waals surface area (Å²) in [6.07, 6.45) is 3.61. The first-order valence-corrected chi connectivity index (χ1v) is 4.75. The molecule has 1 aromatic heterocycles. The van der Waals surface area contributed by atoms with E-state index in [1.54, 1.807) is 6.20 Å². The van der Waals surface area contributed by atoms with Crippen LogP contribution in [-0.4, -0.2) is 15.6 Å². The van der Waals surface area contributed by atoms with Crippen molar-refractivity contribution in [2.75, 3.05) is 0 Å². The number of nitrogens with zero attached hydrogens (tertiary/aromatic N) is 3. The highest BCUT2D eigenvalue weighted by Crippen LogP contribution is 2.23. The summed E-state index contributed by atoms with van der Waals surface area (Å²) in [5, 5.41) is 3.18. The number of imidazole rings is 1. The van der Waals surface area contributed by atoms with Crippen LogP contribution in [0.15, 0.2) is 17.6 Å². The van der Waals surface area contributed by atoms with E-state index < -0.39 is 0 Å². The standard InChI is InChI=1S/C10H17N3O/c1-8-11-5-6-13(8)7-9(12-14)10(2,3)4/h5-6,9H,7H2,1-4H3. The molecule has 0 bridgehead atoms. The number of aryl methyl sites for hydroxylation is 1. The zero-order valence-electron chi connectivity index (χ0n) is 9.19. The van der Waals surface area contributed by atoms with Crippen LogP contribution in [0.4, 0.5) is 0 Å². The minimum absolute atomic E-state index is 0.0987. The average molecular weight is 195 g/mol. The van der Waals surface area contributed by atoms with E-state index in [-0.39, 0.29) is 11.5 Å². The normalized spacial score (nSPS) is 14.0. The largest absolute Gasteiger partial charge is 0.333 e. The Morgan fingerprint density at radius 2 is 2.21 bits per heavy atom. The molecule has 1 heterocycles. The van der Waals surface area contributed by atoms with Crippen molar-refractivity contribution in [2.24, 2.45) is 10.6 Å². The first-order chi connectivity index (χ1) is 6.45. The quantitative estimate of drug-likeness (QED) is 0.695. The number of hydrogen-bond donors (Lipinski definition) is 0. The Labute approximate surface area is 84.3 Å². The molecule has 4 nitrogen and oxygen atoms in total. The Balaban J connectivity index is 2.76. The molecule has 14 heavy (non-hydrogen) atoms. The molecule has 0 N–H and O–H groups in total. The van der Waals surface area contributed by atoms with Gasteiger partial charge in [0.1, 0.15) is 11.9 Å². The van der Waals surface area contributed by atoms with E-state index in [2.05, 4.69) is 10.2 Å². The van der Waals surface area contributed by atoms with Crippen molar-refractivity contribution in [3.63, 3.8) is 0 Å². The summed E-state index contributed by atoms with van der Waals surface area (Å²) in [7, 11) is 0. The molecule has 0 spiro atoms. The van der Waals surface area contributed by atoms with Crippen LogP contribution >= 0.6 is 0 Å². The van der Waals surface area contributed by atoms with Crippen molar-refractivity contribution >= 4 is 0 Å². The van der Waals surface area contributed by atoms with Crippen molar-refractivity contribution in [3.8, 4) is 0 Å². The van der Waals surface area contributed by atoms with Gasteiger partial charge in [-0.15, -0.1) is 0 Å². The molecule has 1 atom stereocenters. The van der Waals surface area contributed by atoms with Gasteiger partial charge in [-0.1, -0.05) is 25.9 Å². The molecule has 0 fully saturated rings. The summed E-state index contributed by atoms with van der Waals surface area (Å²) in [5.41, 5.74) is -0.0987. The minimum atomic E-state index is -0.213. The van der Waals surface area contributed by atoms with Gasteiger partial charge in [-0.3, -0.25) is 0 Å². The Bertz CT molecular complexity index is 311. The lowest BCUT2D eigenvalue weighted by Crippen LogP contribution is -2.29. The van der Waals surface area contributed by atoms with Crippen LogP contribution in [0.1, 0.15) is 26.6 Å². The number of hydrogen-bond acceptors (Lipinski definition) is 3. The van der Waals surface area contributed by atoms with Gasteiger partial charge >= 0.3 is 0 Å². The lowest BCUT2D eigenvalue weighted by Gasteiger charge is -2.24. The van der Waals surface area contributed by atoms with Crippen LogP contribution < -0.4 is 0 Å². The van der Waals surface area contributed by atoms with Gasteiger partial charge in [0.15, 0.2) is 0 Å². The van der Waals surface area contributed by atoms with Crippen molar-refractivity contribution in [1.29, 1.82) is 0 Å². The van der Waals surface area contributed by atoms with Crippen LogP contribution in [0, 0.1) is 17.2 Å². The zero-order valence-corrected chi connectivity index (χ0v) is 9.19. The molecule has 1 rings (SSSR count). The maximum Gasteiger partial charge on any atom is 0.115 e. The summed E-state index contributed by atoms with van der Waals surface area (Å²) in [4.78, 5) is 14.8. The monoisotopic (exact) mass is 195 g/mol. The third kappa shape index (κ3) is 2.40. The van der Waals surface area contributed by atoms with Gasteiger partial charge in [0.05, 0.1) is 6.54 Å². The van der Waals surface area contributed by atoms with Gasteiger partial charge < -0.3 is 4.57 Å². The van der Waals surface area contributed by atoms with Gasteiger partial charge in [-0.25, -0.2) is 4.98 Å². The maximum atomic E-state index is 10.7. The fourth-order valence-corrected chi connectivity index (χ4v) is 1.25. The predicted molar refractivity (Wildman–Crippen MR) is 56.0 cm³/mol. The lowest BCUT2D eigenvalue weighted by atomic mass is 9.87. The number of rotatable bonds is 3. The first kappa shape index (κ1) is 10.9. The molecule has 0 amide bonds. The molecule has 1 aromatic rings. The highest BCUT2D eigenvalue weighted by atomic mass is 16.3. The molecule has 78 valence electrons. The number of aromatic nitrogens is 2. The van der Waals surface area contributed by atoms with E-state index in [1.807, 2.05) is 38.5 Å². The Kier molecular flexibility index (Phi) is 3.03. The van der Waals surface area contributed by atoms with E-state index in [4.69, 9.17) is 0 Å². The molecule has 1 unspecified atom stereocenters. The van der Waals surface area contributed by atoms with Crippen molar-refractivity contribution < 1.29 is 0 Å². The molecule has 0 aliphatic rings. The highest BCUT2D eigenvalue weighted by Gasteiger charge is 2.26. The Morgan fingerprint density at radius 1 is 1.57 bits per heavy atom. The smallest absolute Gasteiger partial charge is 0.115 e. The van der Waals surface area contributed by atoms with Crippen LogP contribution in [0.25, 0.3) is 0 Å². The highest BCUT2D eigenvalue weighted by molar-refractivity contribution is 4.91. The second-order valence-electron chi connectivity index (χ2n) is 4.61. The average Bonchev–Trinajstić information content (AvgIpc) is 2.45. The first-order valence-electron chi connectivity index (χ1n) is 4.75. The number of nitroso groups, excluding NO2 is 1. The van der Waals surface area contributed by atoms with E-state index in [9.17, 15) is 4.91 Å². The molecule has 0 aromatic carbocycles. The molecule has 0 saturated heterocycles. The fraction of sp³-hybridized carbons (Fsp3) is 0.700. The van der Waals surface area contributed by atoms with Crippen molar-refractivity contribution in [1.82, 2.24) is 9.55 Å². The summed E-state index contributed by atoms with van der Waals surface area (Å²) < 4.78 is 1.96. The van der Waals surface area contributed by atoms with Gasteiger partial charge in [-0.2, -0.15) is 4.91 Å². The Morgan fingerprint density at radius 3 is 2.57 bits per heavy atom. The molecule has 0 aliphatic carbocycles. The van der Waals surface area contributed by atoms with Crippen LogP contribution in [0.5, 0.6) is 0 Å². The van der Waals surface area contributed by atoms with Crippen LogP contribution in [0.2, 0.25) is 0 Å². The second-order valence-corrected chi connectivity index (χ2v) is 4.61. The van der Waals surface area contributed by atoms with Crippen molar-refractivity contribution in [3.05, 3.63) is 23.1 Å². The van der Waals surface area contributed by atoms with E-state index in [1.165, 1.54) is 0 Å². The molecular formula is C10H17N3O. The molecule has 0 radical (unpaired) electrons. The Hall–Kier alpha value is -1.19. The predicted octanol–water partition coefficient (Wildman–Crippen LogP) is 2.37. The fourth-order valence-electron chi connectivity index (χ4n) is 1.25. The van der Waals surface area contributed by atoms with Gasteiger partial charge in [-0.05, 0) is 12.3 Å². The molecule has 0 aliphatic heterocycles. The topological polar surface area (TPSA) is 47.2 Å². The molecule has 4 heteroatoms. The van der Waals surface area contributed by atoms with E-state index in [0.29, 0.717) is 6.54 Å². The lowest BCUT2D eigenvalue weighted by molar-refractivity contribution is 0.290. The summed E-state index contributed by atoms with van der Waals surface area (Å²) in [5.74, 6) is 0.919. The SMILES string of the molecule is Cc1nccn1CC(N=O)C(C)(C)C. The van der Waals surface area contributed by atoms with Gasteiger partial charge in [0.2, 0.25) is 0 Å². The van der Waals surface area contributed by atoms with E-state index >= 15 is 0 Å². The maximum absolute atomic E-state index is 10.7. The minimum Gasteiger partial charge on any atom is -0.333 e. The van der Waals surface area contributed by atoms with Crippen LogP contribution in [0.3, 0.4) is 0 Å². The van der Waals surface area contributed by atoms with Gasteiger partial charge in [0, 0.05) is 12.4 Å². The molecule has 0 saturated carbocycles. The second kappa shape index (κ2) is 3.90. The molecular weight excluding hydrogens is 178 g/mol. The zero-order chi connectivity index (χ0) is 10.8.